The van der Waals surface area contributed by atoms with Crippen LogP contribution in [0.25, 0.3) is 0 Å². The van der Waals surface area contributed by atoms with E-state index in [1.54, 1.807) is 0 Å². The predicted octanol–water partition coefficient (Wildman–Crippen LogP) is 2.96. The Hall–Kier alpha value is -1.09. The van der Waals surface area contributed by atoms with Crippen LogP contribution in [0.1, 0.15) is 45.2 Å². The molecule has 1 aliphatic rings. The van der Waals surface area contributed by atoms with Crippen molar-refractivity contribution in [2.24, 2.45) is 0 Å². The molecule has 0 unspecified atom stereocenters. The van der Waals surface area contributed by atoms with E-state index in [4.69, 9.17) is 0 Å². The summed E-state index contributed by atoms with van der Waals surface area (Å²) in [4.78, 5) is 6.95. The molecule has 0 amide bonds. The molecule has 1 fully saturated rings. The SMILES string of the molecule is CC(C)NCc1cc(N2CCCCCC2)ccn1. The van der Waals surface area contributed by atoms with Crippen LogP contribution in [0.3, 0.4) is 0 Å². The number of hydrogen-bond acceptors (Lipinski definition) is 3. The van der Waals surface area contributed by atoms with Crippen molar-refractivity contribution in [3.63, 3.8) is 0 Å². The highest BCUT2D eigenvalue weighted by molar-refractivity contribution is 5.46. The fourth-order valence-corrected chi connectivity index (χ4v) is 2.40. The molecule has 1 N–H and O–H groups in total. The van der Waals surface area contributed by atoms with Crippen LogP contribution >= 0.6 is 0 Å². The third-order valence-electron chi connectivity index (χ3n) is 3.46. The highest BCUT2D eigenvalue weighted by Gasteiger charge is 2.10. The number of hydrogen-bond donors (Lipinski definition) is 1. The molecule has 1 saturated heterocycles. The normalized spacial score (nSPS) is 16.9. The van der Waals surface area contributed by atoms with Gasteiger partial charge in [0.15, 0.2) is 0 Å². The molecular formula is C15H25N3. The molecule has 1 aromatic heterocycles. The van der Waals surface area contributed by atoms with Gasteiger partial charge in [0.25, 0.3) is 0 Å². The quantitative estimate of drug-likeness (QED) is 0.886. The van der Waals surface area contributed by atoms with Gasteiger partial charge in [-0.1, -0.05) is 26.7 Å². The second-order valence-corrected chi connectivity index (χ2v) is 5.44. The minimum Gasteiger partial charge on any atom is -0.371 e. The Bertz CT molecular complexity index is 355. The van der Waals surface area contributed by atoms with Gasteiger partial charge >= 0.3 is 0 Å². The summed E-state index contributed by atoms with van der Waals surface area (Å²) >= 11 is 0. The van der Waals surface area contributed by atoms with E-state index in [0.717, 1.165) is 12.2 Å². The van der Waals surface area contributed by atoms with Crippen LogP contribution in [0.2, 0.25) is 0 Å². The van der Waals surface area contributed by atoms with Crippen molar-refractivity contribution in [1.82, 2.24) is 10.3 Å². The molecule has 0 saturated carbocycles. The lowest BCUT2D eigenvalue weighted by molar-refractivity contribution is 0.581. The lowest BCUT2D eigenvalue weighted by Crippen LogP contribution is -2.25. The molecule has 0 bridgehead atoms. The summed E-state index contributed by atoms with van der Waals surface area (Å²) < 4.78 is 0. The second-order valence-electron chi connectivity index (χ2n) is 5.44. The highest BCUT2D eigenvalue weighted by atomic mass is 15.1. The Kier molecular flexibility index (Phi) is 5.00. The van der Waals surface area contributed by atoms with Gasteiger partial charge in [0.05, 0.1) is 5.69 Å². The molecule has 2 rings (SSSR count). The number of nitrogens with one attached hydrogen (secondary N) is 1. The Morgan fingerprint density at radius 3 is 2.61 bits per heavy atom. The molecule has 0 spiro atoms. The summed E-state index contributed by atoms with van der Waals surface area (Å²) in [5.41, 5.74) is 2.48. The third-order valence-corrected chi connectivity index (χ3v) is 3.46. The van der Waals surface area contributed by atoms with Crippen LogP contribution in [-0.2, 0) is 6.54 Å². The van der Waals surface area contributed by atoms with Crippen molar-refractivity contribution in [1.29, 1.82) is 0 Å². The highest BCUT2D eigenvalue weighted by Crippen LogP contribution is 2.19. The number of rotatable bonds is 4. The van der Waals surface area contributed by atoms with Crippen LogP contribution < -0.4 is 10.2 Å². The molecule has 100 valence electrons. The molecule has 2 heterocycles. The van der Waals surface area contributed by atoms with E-state index >= 15 is 0 Å². The summed E-state index contributed by atoms with van der Waals surface area (Å²) in [5, 5.41) is 3.42. The minimum atomic E-state index is 0.508. The Morgan fingerprint density at radius 1 is 1.22 bits per heavy atom. The van der Waals surface area contributed by atoms with Crippen LogP contribution in [-0.4, -0.2) is 24.1 Å². The van der Waals surface area contributed by atoms with E-state index in [-0.39, 0.29) is 0 Å². The second kappa shape index (κ2) is 6.74. The first-order chi connectivity index (χ1) is 8.75. The summed E-state index contributed by atoms with van der Waals surface area (Å²) in [7, 11) is 0. The third kappa shape index (κ3) is 3.98. The lowest BCUT2D eigenvalue weighted by Gasteiger charge is -2.23. The number of anilines is 1. The van der Waals surface area contributed by atoms with Gasteiger partial charge in [0, 0.05) is 37.6 Å². The number of aromatic nitrogens is 1. The molecule has 0 aromatic carbocycles. The minimum absolute atomic E-state index is 0.508. The first-order valence-corrected chi connectivity index (χ1v) is 7.19. The van der Waals surface area contributed by atoms with Gasteiger partial charge in [-0.25, -0.2) is 0 Å². The first kappa shape index (κ1) is 13.3. The average Bonchev–Trinajstić information content (AvgIpc) is 2.65. The summed E-state index contributed by atoms with van der Waals surface area (Å²) in [6, 6.07) is 4.89. The molecule has 1 aromatic rings. The van der Waals surface area contributed by atoms with Crippen LogP contribution in [0.15, 0.2) is 18.3 Å². The van der Waals surface area contributed by atoms with Crippen LogP contribution in [0, 0.1) is 0 Å². The van der Waals surface area contributed by atoms with Crippen LogP contribution in [0.5, 0.6) is 0 Å². The maximum Gasteiger partial charge on any atom is 0.0562 e. The standard InChI is InChI=1S/C15H25N3/c1-13(2)17-12-14-11-15(7-8-16-14)18-9-5-3-4-6-10-18/h7-8,11,13,17H,3-6,9-10,12H2,1-2H3. The fourth-order valence-electron chi connectivity index (χ4n) is 2.40. The van der Waals surface area contributed by atoms with E-state index in [9.17, 15) is 0 Å². The summed E-state index contributed by atoms with van der Waals surface area (Å²) in [5.74, 6) is 0. The van der Waals surface area contributed by atoms with Gasteiger partial charge in [-0.3, -0.25) is 4.98 Å². The van der Waals surface area contributed by atoms with E-state index < -0.39 is 0 Å². The maximum absolute atomic E-state index is 4.44. The maximum atomic E-state index is 4.44. The van der Waals surface area contributed by atoms with Crippen molar-refractivity contribution >= 4 is 5.69 Å². The molecule has 0 radical (unpaired) electrons. The summed E-state index contributed by atoms with van der Waals surface area (Å²) in [6.07, 6.45) is 7.34. The number of pyridine rings is 1. The molecule has 3 nitrogen and oxygen atoms in total. The van der Waals surface area contributed by atoms with Crippen molar-refractivity contribution in [3.05, 3.63) is 24.0 Å². The van der Waals surface area contributed by atoms with Gasteiger partial charge in [0.2, 0.25) is 0 Å². The summed E-state index contributed by atoms with van der Waals surface area (Å²) in [6.45, 7) is 7.58. The van der Waals surface area contributed by atoms with Gasteiger partial charge in [0.1, 0.15) is 0 Å². The average molecular weight is 247 g/mol. The number of nitrogens with zero attached hydrogens (tertiary/aromatic N) is 2. The van der Waals surface area contributed by atoms with Crippen molar-refractivity contribution in [2.75, 3.05) is 18.0 Å². The van der Waals surface area contributed by atoms with Crippen LogP contribution in [0.4, 0.5) is 5.69 Å². The fraction of sp³-hybridized carbons (Fsp3) is 0.667. The van der Waals surface area contributed by atoms with Crippen molar-refractivity contribution in [3.8, 4) is 0 Å². The van der Waals surface area contributed by atoms with Crippen molar-refractivity contribution < 1.29 is 0 Å². The van der Waals surface area contributed by atoms with Gasteiger partial charge in [-0.05, 0) is 25.0 Å². The van der Waals surface area contributed by atoms with Gasteiger partial charge in [-0.15, -0.1) is 0 Å². The molecular weight excluding hydrogens is 222 g/mol. The first-order valence-electron chi connectivity index (χ1n) is 7.19. The Balaban J connectivity index is 2.01. The Morgan fingerprint density at radius 2 is 1.94 bits per heavy atom. The smallest absolute Gasteiger partial charge is 0.0562 e. The van der Waals surface area contributed by atoms with E-state index in [0.29, 0.717) is 6.04 Å². The van der Waals surface area contributed by atoms with Gasteiger partial charge < -0.3 is 10.2 Å². The zero-order valence-corrected chi connectivity index (χ0v) is 11.7. The molecule has 0 aliphatic carbocycles. The molecule has 1 aliphatic heterocycles. The topological polar surface area (TPSA) is 28.2 Å². The van der Waals surface area contributed by atoms with E-state index in [1.165, 1.54) is 44.5 Å². The van der Waals surface area contributed by atoms with Gasteiger partial charge in [-0.2, -0.15) is 0 Å². The molecule has 0 atom stereocenters. The predicted molar refractivity (Wildman–Crippen MR) is 76.9 cm³/mol. The zero-order chi connectivity index (χ0) is 12.8. The molecule has 3 heteroatoms. The zero-order valence-electron chi connectivity index (χ0n) is 11.7. The monoisotopic (exact) mass is 247 g/mol. The van der Waals surface area contributed by atoms with E-state index in [1.807, 2.05) is 6.20 Å². The van der Waals surface area contributed by atoms with E-state index in [2.05, 4.69) is 41.2 Å². The van der Waals surface area contributed by atoms with Crippen molar-refractivity contribution in [2.45, 2.75) is 52.1 Å². The largest absolute Gasteiger partial charge is 0.371 e. The Labute approximate surface area is 111 Å². The molecule has 18 heavy (non-hydrogen) atoms. The lowest BCUT2D eigenvalue weighted by atomic mass is 10.2.